The van der Waals surface area contributed by atoms with Gasteiger partial charge in [-0.1, -0.05) is 17.7 Å². The molecule has 0 atom stereocenters. The third-order valence-corrected chi connectivity index (χ3v) is 4.29. The first-order valence-electron chi connectivity index (χ1n) is 7.45. The number of rotatable bonds is 4. The quantitative estimate of drug-likeness (QED) is 0.872. The summed E-state index contributed by atoms with van der Waals surface area (Å²) < 4.78 is 0. The second-order valence-corrected chi connectivity index (χ2v) is 5.89. The van der Waals surface area contributed by atoms with Crippen LogP contribution >= 0.6 is 11.6 Å². The monoisotopic (exact) mass is 331 g/mol. The molecule has 6 nitrogen and oxygen atoms in total. The summed E-state index contributed by atoms with van der Waals surface area (Å²) in [5, 5.41) is 3.96. The van der Waals surface area contributed by atoms with Crippen molar-refractivity contribution in [1.29, 1.82) is 0 Å². The van der Waals surface area contributed by atoms with Crippen molar-refractivity contribution in [2.24, 2.45) is 0 Å². The maximum Gasteiger partial charge on any atom is 0.209 e. The number of amides is 1. The molecule has 0 radical (unpaired) electrons. The van der Waals surface area contributed by atoms with Crippen LogP contribution in [0.15, 0.2) is 30.6 Å². The Morgan fingerprint density at radius 1 is 1.17 bits per heavy atom. The lowest BCUT2D eigenvalue weighted by atomic mass is 10.2. The van der Waals surface area contributed by atoms with Crippen molar-refractivity contribution in [3.63, 3.8) is 0 Å². The molecule has 0 aliphatic carbocycles. The summed E-state index contributed by atoms with van der Waals surface area (Å²) in [4.78, 5) is 23.3. The predicted molar refractivity (Wildman–Crippen MR) is 91.4 cm³/mol. The first-order valence-corrected chi connectivity index (χ1v) is 7.83. The van der Waals surface area contributed by atoms with Gasteiger partial charge in [-0.3, -0.25) is 4.79 Å². The van der Waals surface area contributed by atoms with Gasteiger partial charge in [-0.05, 0) is 24.6 Å². The molecule has 1 aliphatic rings. The van der Waals surface area contributed by atoms with E-state index in [1.807, 2.05) is 31.2 Å². The van der Waals surface area contributed by atoms with Gasteiger partial charge in [0.15, 0.2) is 0 Å². The van der Waals surface area contributed by atoms with Crippen LogP contribution in [0.3, 0.4) is 0 Å². The van der Waals surface area contributed by atoms with Gasteiger partial charge in [0.1, 0.15) is 18.0 Å². The van der Waals surface area contributed by atoms with E-state index in [0.29, 0.717) is 23.9 Å². The highest BCUT2D eigenvalue weighted by molar-refractivity contribution is 6.31. The summed E-state index contributed by atoms with van der Waals surface area (Å²) in [5.74, 6) is 1.57. The summed E-state index contributed by atoms with van der Waals surface area (Å²) in [6.45, 7) is 4.93. The minimum absolute atomic E-state index is 0.712. The number of nitrogens with one attached hydrogen (secondary N) is 1. The van der Waals surface area contributed by atoms with Gasteiger partial charge in [-0.2, -0.15) is 0 Å². The summed E-state index contributed by atoms with van der Waals surface area (Å²) >= 11 is 6.15. The summed E-state index contributed by atoms with van der Waals surface area (Å²) in [5.41, 5.74) is 1.92. The predicted octanol–water partition coefficient (Wildman–Crippen LogP) is 2.46. The number of carbonyl (C=O) groups is 1. The number of carbonyl (C=O) groups excluding carboxylic acids is 1. The van der Waals surface area contributed by atoms with E-state index in [2.05, 4.69) is 20.2 Å². The van der Waals surface area contributed by atoms with Crippen LogP contribution in [0.1, 0.15) is 5.56 Å². The Kier molecular flexibility index (Phi) is 4.62. The SMILES string of the molecule is Cc1ccc(Nc2cc(N3CCN(C=O)CC3)ncn2)cc1Cl. The molecule has 1 aromatic heterocycles. The number of benzene rings is 1. The molecule has 1 amide bonds. The highest BCUT2D eigenvalue weighted by Crippen LogP contribution is 2.23. The lowest BCUT2D eigenvalue weighted by Crippen LogP contribution is -2.46. The van der Waals surface area contributed by atoms with E-state index < -0.39 is 0 Å². The second-order valence-electron chi connectivity index (χ2n) is 5.48. The average Bonchev–Trinajstić information content (AvgIpc) is 2.58. The molecule has 1 aliphatic heterocycles. The molecule has 0 saturated carbocycles. The molecule has 0 unspecified atom stereocenters. The fourth-order valence-electron chi connectivity index (χ4n) is 2.46. The van der Waals surface area contributed by atoms with E-state index in [1.165, 1.54) is 0 Å². The number of halogens is 1. The molecule has 0 bridgehead atoms. The zero-order valence-corrected chi connectivity index (χ0v) is 13.6. The van der Waals surface area contributed by atoms with Crippen molar-refractivity contribution in [3.8, 4) is 0 Å². The number of hydrogen-bond donors (Lipinski definition) is 1. The van der Waals surface area contributed by atoms with Crippen LogP contribution in [0.4, 0.5) is 17.3 Å². The molecule has 7 heteroatoms. The Morgan fingerprint density at radius 2 is 1.96 bits per heavy atom. The summed E-state index contributed by atoms with van der Waals surface area (Å²) in [7, 11) is 0. The molecule has 2 heterocycles. The van der Waals surface area contributed by atoms with Crippen LogP contribution in [0.2, 0.25) is 5.02 Å². The van der Waals surface area contributed by atoms with E-state index in [1.54, 1.807) is 11.2 Å². The standard InChI is InChI=1S/C16H18ClN5O/c1-12-2-3-13(8-14(12)17)20-15-9-16(19-10-18-15)22-6-4-21(11-23)5-7-22/h2-3,8-11H,4-7H2,1H3,(H,18,19,20). The van der Waals surface area contributed by atoms with E-state index in [0.717, 1.165) is 36.6 Å². The minimum Gasteiger partial charge on any atom is -0.353 e. The summed E-state index contributed by atoms with van der Waals surface area (Å²) in [6, 6.07) is 7.71. The fourth-order valence-corrected chi connectivity index (χ4v) is 2.64. The van der Waals surface area contributed by atoms with Crippen LogP contribution in [-0.2, 0) is 4.79 Å². The van der Waals surface area contributed by atoms with Crippen molar-refractivity contribution in [2.45, 2.75) is 6.92 Å². The van der Waals surface area contributed by atoms with Crippen LogP contribution in [0, 0.1) is 6.92 Å². The Hall–Kier alpha value is -2.34. The van der Waals surface area contributed by atoms with Gasteiger partial charge in [0.05, 0.1) is 0 Å². The number of aromatic nitrogens is 2. The first-order chi connectivity index (χ1) is 11.2. The van der Waals surface area contributed by atoms with Gasteiger partial charge < -0.3 is 15.1 Å². The maximum absolute atomic E-state index is 10.8. The van der Waals surface area contributed by atoms with Crippen molar-refractivity contribution in [1.82, 2.24) is 14.9 Å². The smallest absolute Gasteiger partial charge is 0.209 e. The summed E-state index contributed by atoms with van der Waals surface area (Å²) in [6.07, 6.45) is 2.44. The van der Waals surface area contributed by atoms with Crippen molar-refractivity contribution in [2.75, 3.05) is 36.4 Å². The second kappa shape index (κ2) is 6.83. The van der Waals surface area contributed by atoms with Gasteiger partial charge in [0.2, 0.25) is 6.41 Å². The molecule has 1 N–H and O–H groups in total. The Labute approximate surface area is 140 Å². The zero-order valence-electron chi connectivity index (χ0n) is 12.9. The normalized spacial score (nSPS) is 14.7. The molecule has 0 spiro atoms. The van der Waals surface area contributed by atoms with Crippen LogP contribution in [0.25, 0.3) is 0 Å². The van der Waals surface area contributed by atoms with Gasteiger partial charge in [-0.15, -0.1) is 0 Å². The fraction of sp³-hybridized carbons (Fsp3) is 0.312. The number of nitrogens with zero attached hydrogens (tertiary/aromatic N) is 4. The third kappa shape index (κ3) is 3.71. The molecule has 1 saturated heterocycles. The lowest BCUT2D eigenvalue weighted by molar-refractivity contribution is -0.118. The maximum atomic E-state index is 10.8. The van der Waals surface area contributed by atoms with E-state index in [9.17, 15) is 4.79 Å². The van der Waals surface area contributed by atoms with E-state index in [4.69, 9.17) is 11.6 Å². The van der Waals surface area contributed by atoms with Crippen molar-refractivity contribution >= 4 is 35.3 Å². The lowest BCUT2D eigenvalue weighted by Gasteiger charge is -2.33. The van der Waals surface area contributed by atoms with Crippen LogP contribution in [0.5, 0.6) is 0 Å². The number of aryl methyl sites for hydroxylation is 1. The van der Waals surface area contributed by atoms with Crippen molar-refractivity contribution < 1.29 is 4.79 Å². The topological polar surface area (TPSA) is 61.4 Å². The molecule has 120 valence electrons. The third-order valence-electron chi connectivity index (χ3n) is 3.88. The zero-order chi connectivity index (χ0) is 16.2. The van der Waals surface area contributed by atoms with E-state index >= 15 is 0 Å². The van der Waals surface area contributed by atoms with Gasteiger partial charge in [-0.25, -0.2) is 9.97 Å². The minimum atomic E-state index is 0.712. The Bertz CT molecular complexity index is 701. The van der Waals surface area contributed by atoms with Crippen LogP contribution in [-0.4, -0.2) is 47.5 Å². The number of hydrogen-bond acceptors (Lipinski definition) is 5. The van der Waals surface area contributed by atoms with E-state index in [-0.39, 0.29) is 0 Å². The molecular weight excluding hydrogens is 314 g/mol. The molecular formula is C16H18ClN5O. The number of piperazine rings is 1. The molecule has 23 heavy (non-hydrogen) atoms. The largest absolute Gasteiger partial charge is 0.353 e. The van der Waals surface area contributed by atoms with Crippen molar-refractivity contribution in [3.05, 3.63) is 41.2 Å². The van der Waals surface area contributed by atoms with Gasteiger partial charge >= 0.3 is 0 Å². The van der Waals surface area contributed by atoms with Gasteiger partial charge in [0, 0.05) is 43.0 Å². The Morgan fingerprint density at radius 3 is 2.65 bits per heavy atom. The molecule has 3 rings (SSSR count). The highest BCUT2D eigenvalue weighted by Gasteiger charge is 2.17. The number of anilines is 3. The molecule has 1 fully saturated rings. The molecule has 1 aromatic carbocycles. The average molecular weight is 332 g/mol. The first kappa shape index (κ1) is 15.6. The Balaban J connectivity index is 1.72. The van der Waals surface area contributed by atoms with Crippen LogP contribution < -0.4 is 10.2 Å². The van der Waals surface area contributed by atoms with Gasteiger partial charge in [0.25, 0.3) is 0 Å². The molecule has 2 aromatic rings. The highest BCUT2D eigenvalue weighted by atomic mass is 35.5.